The van der Waals surface area contributed by atoms with E-state index in [0.717, 1.165) is 24.0 Å². The van der Waals surface area contributed by atoms with Gasteiger partial charge in [-0.25, -0.2) is 0 Å². The van der Waals surface area contributed by atoms with Crippen LogP contribution in [0.1, 0.15) is 62.0 Å². The predicted octanol–water partition coefficient (Wildman–Crippen LogP) is 5.24. The standard InChI is InChI=1S/C22H29ClO5/c1-12(7-6-8-13(2)22-27-15(4)16(5)28-22)9-10-17-20(25)18(11-24)14(3)19(23)21(17)26/h8-9,11,15-16,22,25-26H,6-7,10H2,1-5H3/b12-9+,13-8-. The Morgan fingerprint density at radius 2 is 1.71 bits per heavy atom. The van der Waals surface area contributed by atoms with E-state index in [2.05, 4.69) is 6.08 Å². The largest absolute Gasteiger partial charge is 0.507 e. The molecule has 0 aromatic heterocycles. The molecule has 0 saturated carbocycles. The summed E-state index contributed by atoms with van der Waals surface area (Å²) in [6.45, 7) is 9.58. The summed E-state index contributed by atoms with van der Waals surface area (Å²) < 4.78 is 11.5. The quantitative estimate of drug-likeness (QED) is 0.476. The minimum atomic E-state index is -0.278. The van der Waals surface area contributed by atoms with Crippen LogP contribution in [-0.2, 0) is 15.9 Å². The van der Waals surface area contributed by atoms with Crippen LogP contribution in [0.5, 0.6) is 11.5 Å². The number of benzene rings is 1. The van der Waals surface area contributed by atoms with E-state index in [-0.39, 0.29) is 52.6 Å². The van der Waals surface area contributed by atoms with E-state index < -0.39 is 0 Å². The second-order valence-electron chi connectivity index (χ2n) is 7.40. The van der Waals surface area contributed by atoms with Gasteiger partial charge in [-0.3, -0.25) is 4.79 Å². The predicted molar refractivity (Wildman–Crippen MR) is 110 cm³/mol. The molecule has 1 aliphatic rings. The number of phenolic OH excluding ortho intramolecular Hbond substituents is 2. The lowest BCUT2D eigenvalue weighted by molar-refractivity contribution is -0.0334. The van der Waals surface area contributed by atoms with E-state index >= 15 is 0 Å². The summed E-state index contributed by atoms with van der Waals surface area (Å²) in [5.74, 6) is -0.395. The summed E-state index contributed by atoms with van der Waals surface area (Å²) in [5.41, 5.74) is 2.90. The maximum atomic E-state index is 11.2. The lowest BCUT2D eigenvalue weighted by atomic mass is 9.99. The lowest BCUT2D eigenvalue weighted by Gasteiger charge is -2.13. The fourth-order valence-electron chi connectivity index (χ4n) is 3.08. The molecular formula is C22H29ClO5. The highest BCUT2D eigenvalue weighted by Crippen LogP contribution is 2.40. The summed E-state index contributed by atoms with van der Waals surface area (Å²) in [4.78, 5) is 11.2. The molecule has 1 aromatic rings. The zero-order valence-corrected chi connectivity index (χ0v) is 17.8. The van der Waals surface area contributed by atoms with Crippen LogP contribution < -0.4 is 0 Å². The van der Waals surface area contributed by atoms with E-state index in [1.807, 2.05) is 33.8 Å². The van der Waals surface area contributed by atoms with Crippen molar-refractivity contribution < 1.29 is 24.5 Å². The SMILES string of the molecule is C/C(=C/CC/C(C)=C/Cc1c(O)c(Cl)c(C)c(C=O)c1O)C1OC(C)C(C)O1. The van der Waals surface area contributed by atoms with E-state index in [9.17, 15) is 15.0 Å². The van der Waals surface area contributed by atoms with Crippen LogP contribution >= 0.6 is 11.6 Å². The van der Waals surface area contributed by atoms with Crippen LogP contribution in [0.25, 0.3) is 0 Å². The van der Waals surface area contributed by atoms with E-state index in [1.54, 1.807) is 6.92 Å². The van der Waals surface area contributed by atoms with E-state index in [4.69, 9.17) is 21.1 Å². The zero-order valence-electron chi connectivity index (χ0n) is 17.1. The third kappa shape index (κ3) is 4.96. The van der Waals surface area contributed by atoms with Gasteiger partial charge in [0.25, 0.3) is 0 Å². The van der Waals surface area contributed by atoms with Crippen molar-refractivity contribution in [2.45, 2.75) is 72.4 Å². The molecule has 1 saturated heterocycles. The molecule has 28 heavy (non-hydrogen) atoms. The number of aldehydes is 1. The Morgan fingerprint density at radius 1 is 1.11 bits per heavy atom. The van der Waals surface area contributed by atoms with E-state index in [0.29, 0.717) is 11.8 Å². The average Bonchev–Trinajstić information content (AvgIpc) is 2.99. The molecule has 0 bridgehead atoms. The van der Waals surface area contributed by atoms with Crippen LogP contribution in [0.15, 0.2) is 23.3 Å². The minimum Gasteiger partial charge on any atom is -0.507 e. The second-order valence-corrected chi connectivity index (χ2v) is 7.78. The van der Waals surface area contributed by atoms with Gasteiger partial charge in [0.05, 0.1) is 22.8 Å². The van der Waals surface area contributed by atoms with Crippen molar-refractivity contribution in [1.82, 2.24) is 0 Å². The van der Waals surface area contributed by atoms with Crippen LogP contribution in [-0.4, -0.2) is 35.0 Å². The van der Waals surface area contributed by atoms with Crippen LogP contribution in [0.4, 0.5) is 0 Å². The molecule has 2 atom stereocenters. The Kier molecular flexibility index (Phi) is 7.70. The maximum Gasteiger partial charge on any atom is 0.180 e. The molecule has 2 rings (SSSR count). The molecule has 2 unspecified atom stereocenters. The third-order valence-corrected chi connectivity index (χ3v) is 5.72. The first kappa shape index (κ1) is 22.5. The number of ether oxygens (including phenoxy) is 2. The van der Waals surface area contributed by atoms with Crippen molar-refractivity contribution in [2.24, 2.45) is 0 Å². The molecule has 0 spiro atoms. The lowest BCUT2D eigenvalue weighted by Crippen LogP contribution is -2.13. The minimum absolute atomic E-state index is 0.0907. The molecular weight excluding hydrogens is 380 g/mol. The smallest absolute Gasteiger partial charge is 0.180 e. The van der Waals surface area contributed by atoms with Crippen molar-refractivity contribution in [3.05, 3.63) is 45.0 Å². The highest BCUT2D eigenvalue weighted by Gasteiger charge is 2.30. The number of hydrogen-bond donors (Lipinski definition) is 2. The van der Waals surface area contributed by atoms with Gasteiger partial charge in [0.15, 0.2) is 12.6 Å². The zero-order chi connectivity index (χ0) is 21.0. The van der Waals surface area contributed by atoms with Gasteiger partial charge >= 0.3 is 0 Å². The van der Waals surface area contributed by atoms with Gasteiger partial charge in [0.2, 0.25) is 0 Å². The fourth-order valence-corrected chi connectivity index (χ4v) is 3.29. The van der Waals surface area contributed by atoms with Crippen molar-refractivity contribution >= 4 is 17.9 Å². The molecule has 1 heterocycles. The van der Waals surface area contributed by atoms with Crippen LogP contribution in [0.3, 0.4) is 0 Å². The van der Waals surface area contributed by atoms with Crippen LogP contribution in [0.2, 0.25) is 5.02 Å². The van der Waals surface area contributed by atoms with Gasteiger partial charge in [0, 0.05) is 5.56 Å². The molecule has 1 aromatic carbocycles. The van der Waals surface area contributed by atoms with Gasteiger partial charge < -0.3 is 19.7 Å². The summed E-state index contributed by atoms with van der Waals surface area (Å²) in [7, 11) is 0. The monoisotopic (exact) mass is 408 g/mol. The average molecular weight is 409 g/mol. The Morgan fingerprint density at radius 3 is 2.29 bits per heavy atom. The number of carbonyl (C=O) groups excluding carboxylic acids is 1. The molecule has 6 heteroatoms. The number of halogens is 1. The Bertz CT molecular complexity index is 787. The van der Waals surface area contributed by atoms with Crippen molar-refractivity contribution in [1.29, 1.82) is 0 Å². The first-order chi connectivity index (χ1) is 13.2. The first-order valence-corrected chi connectivity index (χ1v) is 9.86. The highest BCUT2D eigenvalue weighted by molar-refractivity contribution is 6.33. The fraction of sp³-hybridized carbons (Fsp3) is 0.500. The number of aromatic hydroxyl groups is 2. The number of carbonyl (C=O) groups is 1. The van der Waals surface area contributed by atoms with E-state index in [1.165, 1.54) is 0 Å². The van der Waals surface area contributed by atoms with Crippen molar-refractivity contribution in [3.63, 3.8) is 0 Å². The van der Waals surface area contributed by atoms with Gasteiger partial charge in [0.1, 0.15) is 11.5 Å². The highest BCUT2D eigenvalue weighted by atomic mass is 35.5. The summed E-state index contributed by atoms with van der Waals surface area (Å²) in [6, 6.07) is 0. The number of phenols is 2. The Labute approximate surface area is 171 Å². The molecule has 1 fully saturated rings. The molecule has 0 amide bonds. The normalized spacial score (nSPS) is 23.3. The molecule has 0 aliphatic carbocycles. The number of rotatable bonds is 7. The number of allylic oxidation sites excluding steroid dienone is 3. The summed E-state index contributed by atoms with van der Waals surface area (Å²) in [5, 5.41) is 20.6. The third-order valence-electron chi connectivity index (χ3n) is 5.25. The Hall–Kier alpha value is -1.82. The molecule has 5 nitrogen and oxygen atoms in total. The topological polar surface area (TPSA) is 76.0 Å². The summed E-state index contributed by atoms with van der Waals surface area (Å²) >= 11 is 6.08. The molecule has 154 valence electrons. The van der Waals surface area contributed by atoms with Gasteiger partial charge in [-0.15, -0.1) is 0 Å². The Balaban J connectivity index is 2.01. The van der Waals surface area contributed by atoms with Gasteiger partial charge in [-0.1, -0.05) is 29.3 Å². The molecule has 0 radical (unpaired) electrons. The summed E-state index contributed by atoms with van der Waals surface area (Å²) in [6.07, 6.45) is 6.42. The van der Waals surface area contributed by atoms with Crippen molar-refractivity contribution in [3.8, 4) is 11.5 Å². The van der Waals surface area contributed by atoms with Crippen molar-refractivity contribution in [2.75, 3.05) is 0 Å². The second kappa shape index (κ2) is 9.59. The number of hydrogen-bond acceptors (Lipinski definition) is 5. The maximum absolute atomic E-state index is 11.2. The molecule has 1 aliphatic heterocycles. The van der Waals surface area contributed by atoms with Gasteiger partial charge in [-0.2, -0.15) is 0 Å². The first-order valence-electron chi connectivity index (χ1n) is 9.48. The van der Waals surface area contributed by atoms with Crippen LogP contribution in [0, 0.1) is 6.92 Å². The molecule has 2 N–H and O–H groups in total. The van der Waals surface area contributed by atoms with Gasteiger partial charge in [-0.05, 0) is 65.0 Å².